The van der Waals surface area contributed by atoms with Crippen molar-refractivity contribution in [3.8, 4) is 0 Å². The summed E-state index contributed by atoms with van der Waals surface area (Å²) in [4.78, 5) is 10.6. The third kappa shape index (κ3) is 3.67. The van der Waals surface area contributed by atoms with Gasteiger partial charge in [0, 0.05) is 17.8 Å². The summed E-state index contributed by atoms with van der Waals surface area (Å²) in [5.41, 5.74) is -1.47. The number of rotatable bonds is 3. The molecule has 1 heterocycles. The SMILES string of the molecule is CC(C)(Cn1cc(Br)cn1)OC(=O)Cl. The first-order chi connectivity index (χ1) is 6.39. The number of ether oxygens (including phenoxy) is 1. The summed E-state index contributed by atoms with van der Waals surface area (Å²) in [7, 11) is 0. The molecule has 0 bridgehead atoms. The van der Waals surface area contributed by atoms with Crippen molar-refractivity contribution in [2.45, 2.75) is 26.0 Å². The quantitative estimate of drug-likeness (QED) is 0.800. The number of hydrogen-bond donors (Lipinski definition) is 0. The van der Waals surface area contributed by atoms with Gasteiger partial charge in [-0.2, -0.15) is 5.10 Å². The van der Waals surface area contributed by atoms with E-state index in [1.807, 2.05) is 0 Å². The van der Waals surface area contributed by atoms with Crippen LogP contribution in [0.15, 0.2) is 16.9 Å². The lowest BCUT2D eigenvalue weighted by Crippen LogP contribution is -2.31. The number of carbonyl (C=O) groups excluding carboxylic acids is 1. The molecular formula is C8H10BrClN2O2. The van der Waals surface area contributed by atoms with Crippen molar-refractivity contribution in [3.05, 3.63) is 16.9 Å². The maximum Gasteiger partial charge on any atom is 0.404 e. The number of hydrogen-bond acceptors (Lipinski definition) is 3. The van der Waals surface area contributed by atoms with E-state index >= 15 is 0 Å². The van der Waals surface area contributed by atoms with E-state index in [9.17, 15) is 4.79 Å². The number of carbonyl (C=O) groups is 1. The van der Waals surface area contributed by atoms with Crippen molar-refractivity contribution >= 4 is 33.0 Å². The molecule has 0 aromatic carbocycles. The van der Waals surface area contributed by atoms with E-state index in [1.165, 1.54) is 0 Å². The molecule has 78 valence electrons. The Morgan fingerprint density at radius 1 is 1.79 bits per heavy atom. The Labute approximate surface area is 95.3 Å². The fourth-order valence-corrected chi connectivity index (χ4v) is 1.60. The predicted octanol–water partition coefficient (Wildman–Crippen LogP) is 2.80. The minimum atomic E-state index is -0.804. The molecule has 0 aliphatic heterocycles. The average Bonchev–Trinajstić information content (AvgIpc) is 2.30. The summed E-state index contributed by atoms with van der Waals surface area (Å²) in [5, 5.41) is 4.04. The van der Waals surface area contributed by atoms with Crippen molar-refractivity contribution in [1.29, 1.82) is 0 Å². The molecule has 0 atom stereocenters. The van der Waals surface area contributed by atoms with Crippen LogP contribution in [0.25, 0.3) is 0 Å². The minimum absolute atomic E-state index is 0.455. The van der Waals surface area contributed by atoms with Crippen LogP contribution < -0.4 is 0 Å². The summed E-state index contributed by atoms with van der Waals surface area (Å²) in [6, 6.07) is 0. The van der Waals surface area contributed by atoms with Crippen molar-refractivity contribution < 1.29 is 9.53 Å². The standard InChI is InChI=1S/C8H10BrClN2O2/c1-8(2,14-7(10)13)5-12-4-6(9)3-11-12/h3-4H,5H2,1-2H3. The van der Waals surface area contributed by atoms with Crippen LogP contribution in [0.5, 0.6) is 0 Å². The Bertz CT molecular complexity index is 338. The topological polar surface area (TPSA) is 44.1 Å². The molecule has 0 N–H and O–H groups in total. The molecule has 1 aromatic rings. The number of nitrogens with zero attached hydrogens (tertiary/aromatic N) is 2. The molecular weight excluding hydrogens is 271 g/mol. The summed E-state index contributed by atoms with van der Waals surface area (Å²) >= 11 is 8.41. The minimum Gasteiger partial charge on any atom is -0.446 e. The smallest absolute Gasteiger partial charge is 0.404 e. The zero-order chi connectivity index (χ0) is 10.8. The summed E-state index contributed by atoms with van der Waals surface area (Å²) in [6.45, 7) is 3.99. The Morgan fingerprint density at radius 3 is 2.86 bits per heavy atom. The molecule has 14 heavy (non-hydrogen) atoms. The van der Waals surface area contributed by atoms with Gasteiger partial charge in [-0.05, 0) is 29.8 Å². The number of aromatic nitrogens is 2. The van der Waals surface area contributed by atoms with E-state index in [-0.39, 0.29) is 0 Å². The van der Waals surface area contributed by atoms with Gasteiger partial charge in [0.2, 0.25) is 0 Å². The highest BCUT2D eigenvalue weighted by molar-refractivity contribution is 9.10. The van der Waals surface area contributed by atoms with Gasteiger partial charge in [0.25, 0.3) is 0 Å². The van der Waals surface area contributed by atoms with E-state index in [0.717, 1.165) is 4.47 Å². The van der Waals surface area contributed by atoms with Gasteiger partial charge in [0.15, 0.2) is 0 Å². The molecule has 0 amide bonds. The van der Waals surface area contributed by atoms with Gasteiger partial charge in [0.05, 0.1) is 17.2 Å². The maximum atomic E-state index is 10.6. The lowest BCUT2D eigenvalue weighted by atomic mass is 10.1. The van der Waals surface area contributed by atoms with E-state index in [4.69, 9.17) is 16.3 Å². The molecule has 0 saturated carbocycles. The second-order valence-electron chi connectivity index (χ2n) is 3.46. The zero-order valence-electron chi connectivity index (χ0n) is 7.83. The Hall–Kier alpha value is -0.550. The van der Waals surface area contributed by atoms with Crippen molar-refractivity contribution in [1.82, 2.24) is 9.78 Å². The van der Waals surface area contributed by atoms with E-state index in [1.54, 1.807) is 30.9 Å². The van der Waals surface area contributed by atoms with Crippen LogP contribution in [0.2, 0.25) is 0 Å². The van der Waals surface area contributed by atoms with Gasteiger partial charge in [0.1, 0.15) is 5.60 Å². The van der Waals surface area contributed by atoms with E-state index in [2.05, 4.69) is 21.0 Å². The lowest BCUT2D eigenvalue weighted by Gasteiger charge is -2.23. The maximum absolute atomic E-state index is 10.6. The van der Waals surface area contributed by atoms with Crippen LogP contribution in [-0.4, -0.2) is 20.8 Å². The van der Waals surface area contributed by atoms with Crippen LogP contribution >= 0.6 is 27.5 Å². The molecule has 0 spiro atoms. The highest BCUT2D eigenvalue weighted by atomic mass is 79.9. The van der Waals surface area contributed by atoms with Gasteiger partial charge in [-0.25, -0.2) is 4.79 Å². The first kappa shape index (κ1) is 11.5. The summed E-state index contributed by atoms with van der Waals surface area (Å²) < 4.78 is 7.45. The predicted molar refractivity (Wildman–Crippen MR) is 56.3 cm³/mol. The van der Waals surface area contributed by atoms with Crippen LogP contribution in [0, 0.1) is 0 Å². The van der Waals surface area contributed by atoms with Crippen molar-refractivity contribution in [2.75, 3.05) is 0 Å². The molecule has 1 rings (SSSR count). The molecule has 1 aromatic heterocycles. The van der Waals surface area contributed by atoms with Gasteiger partial charge >= 0.3 is 5.43 Å². The molecule has 0 radical (unpaired) electrons. The van der Waals surface area contributed by atoms with Crippen molar-refractivity contribution in [2.24, 2.45) is 0 Å². The second-order valence-corrected chi connectivity index (χ2v) is 4.68. The third-order valence-corrected chi connectivity index (χ3v) is 1.99. The Morgan fingerprint density at radius 2 is 2.43 bits per heavy atom. The lowest BCUT2D eigenvalue weighted by molar-refractivity contribution is 0.0404. The van der Waals surface area contributed by atoms with E-state index < -0.39 is 11.0 Å². The van der Waals surface area contributed by atoms with Crippen LogP contribution in [0.4, 0.5) is 4.79 Å². The summed E-state index contributed by atoms with van der Waals surface area (Å²) in [5.74, 6) is 0. The molecule has 6 heteroatoms. The molecule has 0 aliphatic carbocycles. The number of halogens is 2. The fourth-order valence-electron chi connectivity index (χ4n) is 1.06. The molecule has 0 unspecified atom stereocenters. The highest BCUT2D eigenvalue weighted by Gasteiger charge is 2.23. The second kappa shape index (κ2) is 4.31. The van der Waals surface area contributed by atoms with Gasteiger partial charge in [-0.15, -0.1) is 0 Å². The largest absolute Gasteiger partial charge is 0.446 e. The van der Waals surface area contributed by atoms with Gasteiger partial charge in [-0.3, -0.25) is 4.68 Å². The van der Waals surface area contributed by atoms with Crippen LogP contribution in [-0.2, 0) is 11.3 Å². The Balaban J connectivity index is 2.63. The average molecular weight is 282 g/mol. The molecule has 0 fully saturated rings. The molecule has 0 saturated heterocycles. The van der Waals surface area contributed by atoms with E-state index in [0.29, 0.717) is 6.54 Å². The summed E-state index contributed by atoms with van der Waals surface area (Å²) in [6.07, 6.45) is 3.46. The van der Waals surface area contributed by atoms with Crippen molar-refractivity contribution in [3.63, 3.8) is 0 Å². The monoisotopic (exact) mass is 280 g/mol. The normalized spacial score (nSPS) is 11.4. The fraction of sp³-hybridized carbons (Fsp3) is 0.500. The first-order valence-electron chi connectivity index (χ1n) is 3.95. The Kier molecular flexibility index (Phi) is 3.55. The zero-order valence-corrected chi connectivity index (χ0v) is 10.2. The highest BCUT2D eigenvalue weighted by Crippen LogP contribution is 2.15. The molecule has 0 aliphatic rings. The van der Waals surface area contributed by atoms with Crippen LogP contribution in [0.3, 0.4) is 0 Å². The third-order valence-electron chi connectivity index (χ3n) is 1.50. The first-order valence-corrected chi connectivity index (χ1v) is 5.12. The molecule has 4 nitrogen and oxygen atoms in total. The van der Waals surface area contributed by atoms with Gasteiger partial charge in [-0.1, -0.05) is 0 Å². The van der Waals surface area contributed by atoms with Crippen LogP contribution in [0.1, 0.15) is 13.8 Å². The van der Waals surface area contributed by atoms with Gasteiger partial charge < -0.3 is 4.74 Å².